The lowest BCUT2D eigenvalue weighted by molar-refractivity contribution is -0.114. The fourth-order valence-corrected chi connectivity index (χ4v) is 4.50. The maximum Gasteiger partial charge on any atom is 0.336 e. The molecule has 1 amide bonds. The van der Waals surface area contributed by atoms with Crippen molar-refractivity contribution in [2.24, 2.45) is 0 Å². The first kappa shape index (κ1) is 20.0. The number of benzene rings is 3. The highest BCUT2D eigenvalue weighted by Crippen LogP contribution is 2.31. The standard InChI is InChI=1S/C23H17N5O3S/c1-14(29)24-17-6-4-7-18(12-17)28-23(25-26-27-28)32-13-16-11-21(30)31-20-10-9-15-5-2-3-8-19(15)22(16)20/h2-12H,13H2,1H3,(H,24,29). The van der Waals surface area contributed by atoms with Crippen molar-refractivity contribution in [3.8, 4) is 5.69 Å². The van der Waals surface area contributed by atoms with Crippen LogP contribution in [0, 0.1) is 0 Å². The quantitative estimate of drug-likeness (QED) is 0.247. The molecule has 1 N–H and O–H groups in total. The van der Waals surface area contributed by atoms with Crippen LogP contribution in [0.15, 0.2) is 81.1 Å². The molecule has 5 aromatic rings. The van der Waals surface area contributed by atoms with Gasteiger partial charge in [0.15, 0.2) is 0 Å². The van der Waals surface area contributed by atoms with E-state index < -0.39 is 5.63 Å². The van der Waals surface area contributed by atoms with Gasteiger partial charge in [0.05, 0.1) is 5.69 Å². The number of aromatic nitrogens is 4. The van der Waals surface area contributed by atoms with E-state index in [-0.39, 0.29) is 5.91 Å². The van der Waals surface area contributed by atoms with E-state index in [1.54, 1.807) is 16.8 Å². The number of nitrogens with zero attached hydrogens (tertiary/aromatic N) is 4. The van der Waals surface area contributed by atoms with Crippen molar-refractivity contribution in [2.75, 3.05) is 5.32 Å². The van der Waals surface area contributed by atoms with Crippen LogP contribution in [0.4, 0.5) is 5.69 Å². The summed E-state index contributed by atoms with van der Waals surface area (Å²) < 4.78 is 7.04. The van der Waals surface area contributed by atoms with Crippen molar-refractivity contribution in [1.29, 1.82) is 0 Å². The second kappa shape index (κ2) is 8.27. The maximum atomic E-state index is 12.2. The third-order valence-corrected chi connectivity index (χ3v) is 5.89. The van der Waals surface area contributed by atoms with Crippen LogP contribution in [-0.4, -0.2) is 26.1 Å². The molecule has 2 heterocycles. The lowest BCUT2D eigenvalue weighted by Gasteiger charge is -2.09. The van der Waals surface area contributed by atoms with Crippen LogP contribution >= 0.6 is 11.8 Å². The molecule has 2 aromatic heterocycles. The highest BCUT2D eigenvalue weighted by Gasteiger charge is 2.14. The molecule has 0 saturated heterocycles. The van der Waals surface area contributed by atoms with Gasteiger partial charge in [0.25, 0.3) is 0 Å². The number of rotatable bonds is 5. The van der Waals surface area contributed by atoms with Gasteiger partial charge in [0, 0.05) is 29.8 Å². The van der Waals surface area contributed by atoms with Crippen LogP contribution in [0.25, 0.3) is 27.4 Å². The minimum atomic E-state index is -0.397. The SMILES string of the molecule is CC(=O)Nc1cccc(-n2nnnc2SCc2cc(=O)oc3ccc4ccccc4c23)c1. The van der Waals surface area contributed by atoms with E-state index in [0.717, 1.165) is 21.7 Å². The molecule has 0 saturated carbocycles. The van der Waals surface area contributed by atoms with E-state index in [1.165, 1.54) is 24.8 Å². The van der Waals surface area contributed by atoms with Crippen molar-refractivity contribution in [1.82, 2.24) is 20.2 Å². The monoisotopic (exact) mass is 443 g/mol. The van der Waals surface area contributed by atoms with E-state index in [9.17, 15) is 9.59 Å². The maximum absolute atomic E-state index is 12.2. The summed E-state index contributed by atoms with van der Waals surface area (Å²) in [6.07, 6.45) is 0. The molecular weight excluding hydrogens is 426 g/mol. The molecule has 0 aliphatic carbocycles. The molecule has 32 heavy (non-hydrogen) atoms. The number of hydrogen-bond donors (Lipinski definition) is 1. The number of hydrogen-bond acceptors (Lipinski definition) is 7. The number of fused-ring (bicyclic) bond motifs is 3. The average molecular weight is 443 g/mol. The summed E-state index contributed by atoms with van der Waals surface area (Å²) in [6.45, 7) is 1.45. The topological polar surface area (TPSA) is 103 Å². The Morgan fingerprint density at radius 1 is 1.09 bits per heavy atom. The average Bonchev–Trinajstić information content (AvgIpc) is 3.25. The summed E-state index contributed by atoms with van der Waals surface area (Å²) in [5.41, 5.74) is 2.37. The van der Waals surface area contributed by atoms with Gasteiger partial charge in [-0.25, -0.2) is 4.79 Å². The van der Waals surface area contributed by atoms with Gasteiger partial charge in [0.2, 0.25) is 11.1 Å². The van der Waals surface area contributed by atoms with Gasteiger partial charge < -0.3 is 9.73 Å². The zero-order valence-corrected chi connectivity index (χ0v) is 17.8. The largest absolute Gasteiger partial charge is 0.423 e. The minimum Gasteiger partial charge on any atom is -0.423 e. The molecular formula is C23H17N5O3S. The molecule has 0 aliphatic heterocycles. The van der Waals surface area contributed by atoms with Gasteiger partial charge in [-0.15, -0.1) is 5.10 Å². The van der Waals surface area contributed by atoms with Gasteiger partial charge in [-0.3, -0.25) is 4.79 Å². The van der Waals surface area contributed by atoms with Crippen molar-refractivity contribution >= 4 is 45.1 Å². The molecule has 158 valence electrons. The fourth-order valence-electron chi connectivity index (χ4n) is 3.63. The van der Waals surface area contributed by atoms with Crippen LogP contribution in [-0.2, 0) is 10.5 Å². The summed E-state index contributed by atoms with van der Waals surface area (Å²) in [7, 11) is 0. The fraction of sp³-hybridized carbons (Fsp3) is 0.0870. The van der Waals surface area contributed by atoms with Crippen LogP contribution in [0.1, 0.15) is 12.5 Å². The molecule has 5 rings (SSSR count). The molecule has 8 nitrogen and oxygen atoms in total. The molecule has 0 aliphatic rings. The smallest absolute Gasteiger partial charge is 0.336 e. The number of thioether (sulfide) groups is 1. The van der Waals surface area contributed by atoms with Crippen LogP contribution < -0.4 is 10.9 Å². The summed E-state index contributed by atoms with van der Waals surface area (Å²) in [5.74, 6) is 0.317. The van der Waals surface area contributed by atoms with E-state index in [2.05, 4.69) is 20.8 Å². The molecule has 0 spiro atoms. The van der Waals surface area contributed by atoms with Crippen molar-refractivity contribution < 1.29 is 9.21 Å². The van der Waals surface area contributed by atoms with Crippen LogP contribution in [0.5, 0.6) is 0 Å². The zero-order valence-electron chi connectivity index (χ0n) is 17.0. The number of anilines is 1. The molecule has 0 unspecified atom stereocenters. The minimum absolute atomic E-state index is 0.157. The molecule has 0 atom stereocenters. The third kappa shape index (κ3) is 3.85. The Balaban J connectivity index is 1.51. The van der Waals surface area contributed by atoms with Crippen LogP contribution in [0.2, 0.25) is 0 Å². The number of amides is 1. The predicted octanol–water partition coefficient (Wildman–Crippen LogP) is 4.17. The third-order valence-electron chi connectivity index (χ3n) is 4.92. The summed E-state index contributed by atoms with van der Waals surface area (Å²) in [6, 6.07) is 20.5. The Labute approximate surface area is 186 Å². The number of carbonyl (C=O) groups is 1. The number of nitrogens with one attached hydrogen (secondary N) is 1. The first-order chi connectivity index (χ1) is 15.6. The molecule has 0 radical (unpaired) electrons. The normalized spacial score (nSPS) is 11.2. The van der Waals surface area contributed by atoms with Gasteiger partial charge in [-0.2, -0.15) is 4.68 Å². The Hall–Kier alpha value is -3.98. The molecule has 9 heteroatoms. The predicted molar refractivity (Wildman–Crippen MR) is 123 cm³/mol. The summed E-state index contributed by atoms with van der Waals surface area (Å²) in [4.78, 5) is 23.5. The van der Waals surface area contributed by atoms with Gasteiger partial charge in [-0.1, -0.05) is 48.2 Å². The van der Waals surface area contributed by atoms with Gasteiger partial charge in [0.1, 0.15) is 5.58 Å². The van der Waals surface area contributed by atoms with E-state index in [1.807, 2.05) is 48.5 Å². The Morgan fingerprint density at radius 3 is 2.84 bits per heavy atom. The first-order valence-electron chi connectivity index (χ1n) is 9.82. The van der Waals surface area contributed by atoms with Crippen molar-refractivity contribution in [3.63, 3.8) is 0 Å². The number of tetrazole rings is 1. The summed E-state index contributed by atoms with van der Waals surface area (Å²) >= 11 is 1.41. The van der Waals surface area contributed by atoms with Crippen LogP contribution in [0.3, 0.4) is 0 Å². The second-order valence-corrected chi connectivity index (χ2v) is 8.09. The Bertz CT molecular complexity index is 1530. The Kier molecular flexibility index (Phi) is 5.16. The summed E-state index contributed by atoms with van der Waals surface area (Å²) in [5, 5.41) is 18.3. The van der Waals surface area contributed by atoms with E-state index in [4.69, 9.17) is 4.42 Å². The first-order valence-corrected chi connectivity index (χ1v) is 10.8. The van der Waals surface area contributed by atoms with E-state index >= 15 is 0 Å². The van der Waals surface area contributed by atoms with Gasteiger partial charge >= 0.3 is 5.63 Å². The lowest BCUT2D eigenvalue weighted by atomic mass is 10.0. The van der Waals surface area contributed by atoms with Crippen molar-refractivity contribution in [3.05, 3.63) is 82.7 Å². The number of carbonyl (C=O) groups excluding carboxylic acids is 1. The molecule has 0 fully saturated rings. The second-order valence-electron chi connectivity index (χ2n) is 7.14. The lowest BCUT2D eigenvalue weighted by Crippen LogP contribution is -2.07. The van der Waals surface area contributed by atoms with Gasteiger partial charge in [-0.05, 0) is 51.0 Å². The molecule has 3 aromatic carbocycles. The highest BCUT2D eigenvalue weighted by atomic mass is 32.2. The molecule has 0 bridgehead atoms. The highest BCUT2D eigenvalue weighted by molar-refractivity contribution is 7.98. The Morgan fingerprint density at radius 2 is 1.97 bits per heavy atom. The van der Waals surface area contributed by atoms with Crippen molar-refractivity contribution in [2.45, 2.75) is 17.8 Å². The zero-order chi connectivity index (χ0) is 22.1. The van der Waals surface area contributed by atoms with E-state index in [0.29, 0.717) is 27.9 Å².